The van der Waals surface area contributed by atoms with Gasteiger partial charge in [-0.05, 0) is 29.2 Å². The minimum absolute atomic E-state index is 0.247. The monoisotopic (exact) mass is 403 g/mol. The van der Waals surface area contributed by atoms with Crippen LogP contribution in [-0.2, 0) is 9.59 Å². The molecule has 0 spiro atoms. The van der Waals surface area contributed by atoms with Gasteiger partial charge in [0.05, 0.1) is 5.69 Å². The normalized spacial score (nSPS) is 19.7. The van der Waals surface area contributed by atoms with Crippen molar-refractivity contribution in [2.75, 3.05) is 10.3 Å². The molecule has 0 aromatic heterocycles. The molecule has 0 radical (unpaired) electrons. The fourth-order valence-corrected chi connectivity index (χ4v) is 4.50. The zero-order chi connectivity index (χ0) is 20.1. The third-order valence-corrected chi connectivity index (χ3v) is 5.86. The number of nitrogens with zero attached hydrogens (tertiary/aromatic N) is 2. The van der Waals surface area contributed by atoms with Gasteiger partial charge in [0.2, 0.25) is 5.91 Å². The van der Waals surface area contributed by atoms with E-state index in [9.17, 15) is 9.59 Å². The Labute approximate surface area is 173 Å². The SMILES string of the molecule is CC(=O)N(c1ccc2cccc3c2c1C=CN3)N1C(=O)C(Cl)C1c1ccccc1. The third-order valence-electron chi connectivity index (χ3n) is 5.44. The van der Waals surface area contributed by atoms with Crippen LogP contribution in [0.15, 0.2) is 66.9 Å². The van der Waals surface area contributed by atoms with E-state index in [4.69, 9.17) is 11.6 Å². The van der Waals surface area contributed by atoms with Gasteiger partial charge in [0.15, 0.2) is 0 Å². The molecule has 3 aromatic carbocycles. The lowest BCUT2D eigenvalue weighted by atomic mass is 9.94. The first kappa shape index (κ1) is 17.8. The summed E-state index contributed by atoms with van der Waals surface area (Å²) in [6.07, 6.45) is 3.77. The minimum atomic E-state index is -0.705. The van der Waals surface area contributed by atoms with E-state index in [-0.39, 0.29) is 11.8 Å². The molecule has 2 heterocycles. The van der Waals surface area contributed by atoms with Crippen LogP contribution in [0.2, 0.25) is 0 Å². The van der Waals surface area contributed by atoms with Crippen LogP contribution >= 0.6 is 11.6 Å². The van der Waals surface area contributed by atoms with Crippen LogP contribution in [0.1, 0.15) is 24.1 Å². The molecule has 5 rings (SSSR count). The number of hydrogen-bond acceptors (Lipinski definition) is 3. The van der Waals surface area contributed by atoms with E-state index in [1.807, 2.05) is 72.9 Å². The minimum Gasteiger partial charge on any atom is -0.361 e. The van der Waals surface area contributed by atoms with Crippen molar-refractivity contribution in [2.24, 2.45) is 0 Å². The Hall–Kier alpha value is -3.31. The van der Waals surface area contributed by atoms with Crippen LogP contribution in [0.5, 0.6) is 0 Å². The quantitative estimate of drug-likeness (QED) is 0.509. The van der Waals surface area contributed by atoms with Gasteiger partial charge in [0.25, 0.3) is 5.91 Å². The van der Waals surface area contributed by atoms with Crippen LogP contribution < -0.4 is 10.3 Å². The third kappa shape index (κ3) is 2.62. The zero-order valence-electron chi connectivity index (χ0n) is 15.7. The molecule has 0 aliphatic carbocycles. The van der Waals surface area contributed by atoms with E-state index in [1.165, 1.54) is 16.9 Å². The summed E-state index contributed by atoms with van der Waals surface area (Å²) in [5.74, 6) is -0.530. The first-order chi connectivity index (χ1) is 14.1. The van der Waals surface area contributed by atoms with Crippen molar-refractivity contribution in [1.82, 2.24) is 5.01 Å². The molecule has 2 aliphatic heterocycles. The van der Waals surface area contributed by atoms with Gasteiger partial charge in [-0.2, -0.15) is 0 Å². The average molecular weight is 404 g/mol. The van der Waals surface area contributed by atoms with Gasteiger partial charge in [0, 0.05) is 29.8 Å². The largest absolute Gasteiger partial charge is 0.361 e. The summed E-state index contributed by atoms with van der Waals surface area (Å²) in [5.41, 5.74) is 3.42. The molecule has 2 amide bonds. The van der Waals surface area contributed by atoms with Crippen molar-refractivity contribution in [3.8, 4) is 0 Å². The molecular formula is C23H18ClN3O2. The highest BCUT2D eigenvalue weighted by Gasteiger charge is 2.51. The molecule has 5 nitrogen and oxygen atoms in total. The van der Waals surface area contributed by atoms with E-state index in [1.54, 1.807) is 0 Å². The number of rotatable bonds is 3. The van der Waals surface area contributed by atoms with Crippen molar-refractivity contribution < 1.29 is 9.59 Å². The fourth-order valence-electron chi connectivity index (χ4n) is 4.15. The highest BCUT2D eigenvalue weighted by atomic mass is 35.5. The molecular weight excluding hydrogens is 386 g/mol. The van der Waals surface area contributed by atoms with Crippen LogP contribution in [-0.4, -0.2) is 22.2 Å². The summed E-state index contributed by atoms with van der Waals surface area (Å²) in [4.78, 5) is 25.5. The number of benzene rings is 3. The average Bonchev–Trinajstić information content (AvgIpc) is 2.75. The van der Waals surface area contributed by atoms with Gasteiger partial charge in [-0.25, -0.2) is 10.0 Å². The molecule has 1 N–H and O–H groups in total. The van der Waals surface area contributed by atoms with Crippen molar-refractivity contribution in [2.45, 2.75) is 18.3 Å². The van der Waals surface area contributed by atoms with Gasteiger partial charge in [0.1, 0.15) is 11.4 Å². The van der Waals surface area contributed by atoms with Crippen LogP contribution in [0.4, 0.5) is 11.4 Å². The molecule has 2 atom stereocenters. The van der Waals surface area contributed by atoms with Crippen LogP contribution in [0, 0.1) is 0 Å². The van der Waals surface area contributed by atoms with E-state index < -0.39 is 11.4 Å². The smallest absolute Gasteiger partial charge is 0.262 e. The number of hydrogen-bond donors (Lipinski definition) is 1. The van der Waals surface area contributed by atoms with Crippen LogP contribution in [0.25, 0.3) is 16.8 Å². The molecule has 1 fully saturated rings. The second-order valence-electron chi connectivity index (χ2n) is 7.15. The number of nitrogens with one attached hydrogen (secondary N) is 1. The summed E-state index contributed by atoms with van der Waals surface area (Å²) in [7, 11) is 0. The summed E-state index contributed by atoms with van der Waals surface area (Å²) >= 11 is 6.38. The second kappa shape index (κ2) is 6.64. The van der Waals surface area contributed by atoms with Gasteiger partial charge in [-0.1, -0.05) is 48.5 Å². The Morgan fingerprint density at radius 1 is 1.07 bits per heavy atom. The molecule has 6 heteroatoms. The first-order valence-electron chi connectivity index (χ1n) is 9.39. The predicted molar refractivity (Wildman–Crippen MR) is 115 cm³/mol. The molecule has 2 aliphatic rings. The van der Waals surface area contributed by atoms with Crippen molar-refractivity contribution in [3.63, 3.8) is 0 Å². The molecule has 0 saturated carbocycles. The summed E-state index contributed by atoms with van der Waals surface area (Å²) in [5, 5.41) is 7.56. The maximum atomic E-state index is 12.8. The maximum Gasteiger partial charge on any atom is 0.262 e. The second-order valence-corrected chi connectivity index (χ2v) is 7.62. The number of alkyl halides is 1. The molecule has 144 valence electrons. The maximum absolute atomic E-state index is 12.8. The number of β-lactam (4-membered cyclic amide) rings is 1. The van der Waals surface area contributed by atoms with Gasteiger partial charge >= 0.3 is 0 Å². The number of carbonyl (C=O) groups is 2. The Kier molecular flexibility index (Phi) is 4.07. The number of anilines is 2. The highest BCUT2D eigenvalue weighted by Crippen LogP contribution is 2.44. The molecule has 0 bridgehead atoms. The fraction of sp³-hybridized carbons (Fsp3) is 0.130. The van der Waals surface area contributed by atoms with E-state index in [0.717, 1.165) is 27.6 Å². The molecule has 2 unspecified atom stereocenters. The molecule has 1 saturated heterocycles. The van der Waals surface area contributed by atoms with Gasteiger partial charge in [-0.15, -0.1) is 11.6 Å². The van der Waals surface area contributed by atoms with Crippen molar-refractivity contribution in [1.29, 1.82) is 0 Å². The number of hydrazine groups is 1. The van der Waals surface area contributed by atoms with E-state index in [0.29, 0.717) is 5.69 Å². The topological polar surface area (TPSA) is 52.7 Å². The van der Waals surface area contributed by atoms with Crippen LogP contribution in [0.3, 0.4) is 0 Å². The summed E-state index contributed by atoms with van der Waals surface area (Å²) in [6, 6.07) is 19.0. The predicted octanol–water partition coefficient (Wildman–Crippen LogP) is 4.69. The number of amides is 2. The summed E-state index contributed by atoms with van der Waals surface area (Å²) in [6.45, 7) is 1.46. The van der Waals surface area contributed by atoms with Gasteiger partial charge in [-0.3, -0.25) is 9.59 Å². The van der Waals surface area contributed by atoms with Crippen molar-refractivity contribution >= 4 is 51.6 Å². The lowest BCUT2D eigenvalue weighted by Gasteiger charge is -2.49. The Morgan fingerprint density at radius 2 is 1.86 bits per heavy atom. The first-order valence-corrected chi connectivity index (χ1v) is 9.83. The number of halogens is 1. The van der Waals surface area contributed by atoms with Gasteiger partial charge < -0.3 is 5.32 Å². The summed E-state index contributed by atoms with van der Waals surface area (Å²) < 4.78 is 0. The molecule has 3 aromatic rings. The Morgan fingerprint density at radius 3 is 2.62 bits per heavy atom. The highest BCUT2D eigenvalue weighted by molar-refractivity contribution is 6.34. The standard InChI is InChI=1S/C23H18ClN3O2/c1-14(28)26(27-22(21(24)23(27)29)16-6-3-2-4-7-16)19-11-10-15-8-5-9-18-20(15)17(19)12-13-25-18/h2-13,21-22,25H,1H3. The lowest BCUT2D eigenvalue weighted by molar-refractivity contribution is -0.150. The Balaban J connectivity index is 1.67. The Bertz CT molecular complexity index is 1180. The van der Waals surface area contributed by atoms with E-state index >= 15 is 0 Å². The zero-order valence-corrected chi connectivity index (χ0v) is 16.4. The van der Waals surface area contributed by atoms with E-state index in [2.05, 4.69) is 5.32 Å². The lowest BCUT2D eigenvalue weighted by Crippen LogP contribution is -2.64. The van der Waals surface area contributed by atoms with Crippen molar-refractivity contribution in [3.05, 3.63) is 78.0 Å². The molecule has 29 heavy (non-hydrogen) atoms. The number of carbonyl (C=O) groups excluding carboxylic acids is 2.